The molecule has 4 nitrogen and oxygen atoms in total. The summed E-state index contributed by atoms with van der Waals surface area (Å²) in [6.07, 6.45) is 3.21. The highest BCUT2D eigenvalue weighted by Gasteiger charge is 2.15. The van der Waals surface area contributed by atoms with E-state index in [0.29, 0.717) is 6.04 Å². The zero-order valence-electron chi connectivity index (χ0n) is 11.9. The summed E-state index contributed by atoms with van der Waals surface area (Å²) in [5.74, 6) is 0. The fraction of sp³-hybridized carbons (Fsp3) is 1.00. The average Bonchev–Trinajstić information content (AvgIpc) is 2.33. The van der Waals surface area contributed by atoms with E-state index < -0.39 is 0 Å². The maximum absolute atomic E-state index is 6.14. The summed E-state index contributed by atoms with van der Waals surface area (Å²) < 4.78 is 10.2. The van der Waals surface area contributed by atoms with Gasteiger partial charge < -0.3 is 15.2 Å². The predicted molar refractivity (Wildman–Crippen MR) is 72.3 cm³/mol. The lowest BCUT2D eigenvalue weighted by Gasteiger charge is -2.30. The van der Waals surface area contributed by atoms with Crippen molar-refractivity contribution in [3.63, 3.8) is 0 Å². The Bertz CT molecular complexity index is 167. The van der Waals surface area contributed by atoms with Gasteiger partial charge in [0, 0.05) is 46.0 Å². The van der Waals surface area contributed by atoms with Crippen molar-refractivity contribution < 1.29 is 9.47 Å². The van der Waals surface area contributed by atoms with Crippen LogP contribution in [0.25, 0.3) is 0 Å². The first-order valence-electron chi connectivity index (χ1n) is 6.63. The van der Waals surface area contributed by atoms with Gasteiger partial charge in [-0.15, -0.1) is 0 Å². The summed E-state index contributed by atoms with van der Waals surface area (Å²) in [4.78, 5) is 2.42. The van der Waals surface area contributed by atoms with Gasteiger partial charge in [0.1, 0.15) is 0 Å². The standard InChI is InChI=1S/C13H30N2O2/c1-5-12(2)15(8-10-17-4)11-13(14)7-6-9-16-3/h12-13H,5-11,14H2,1-4H3. The van der Waals surface area contributed by atoms with E-state index in [0.717, 1.165) is 45.6 Å². The number of nitrogens with zero attached hydrogens (tertiary/aromatic N) is 1. The molecular weight excluding hydrogens is 216 g/mol. The van der Waals surface area contributed by atoms with Crippen molar-refractivity contribution in [2.45, 2.75) is 45.2 Å². The van der Waals surface area contributed by atoms with Crippen LogP contribution in [0.1, 0.15) is 33.1 Å². The van der Waals surface area contributed by atoms with E-state index in [4.69, 9.17) is 15.2 Å². The summed E-state index contributed by atoms with van der Waals surface area (Å²) >= 11 is 0. The van der Waals surface area contributed by atoms with Crippen molar-refractivity contribution in [2.75, 3.05) is 40.5 Å². The van der Waals surface area contributed by atoms with Crippen LogP contribution in [-0.2, 0) is 9.47 Å². The SMILES string of the molecule is CCC(C)N(CCOC)CC(N)CCCOC. The van der Waals surface area contributed by atoms with Gasteiger partial charge in [0.15, 0.2) is 0 Å². The van der Waals surface area contributed by atoms with E-state index in [2.05, 4.69) is 18.7 Å². The van der Waals surface area contributed by atoms with Crippen molar-refractivity contribution in [3.05, 3.63) is 0 Å². The van der Waals surface area contributed by atoms with Gasteiger partial charge in [0.2, 0.25) is 0 Å². The minimum atomic E-state index is 0.232. The zero-order chi connectivity index (χ0) is 13.1. The summed E-state index contributed by atoms with van der Waals surface area (Å²) in [6, 6.07) is 0.801. The topological polar surface area (TPSA) is 47.7 Å². The molecule has 2 N–H and O–H groups in total. The molecule has 0 aromatic rings. The Kier molecular flexibility index (Phi) is 10.9. The number of methoxy groups -OCH3 is 2. The predicted octanol–water partition coefficient (Wildman–Crippen LogP) is 1.49. The third kappa shape index (κ3) is 8.55. The molecular formula is C13H30N2O2. The maximum atomic E-state index is 6.14. The van der Waals surface area contributed by atoms with Gasteiger partial charge in [0.25, 0.3) is 0 Å². The van der Waals surface area contributed by atoms with Crippen LogP contribution < -0.4 is 5.73 Å². The lowest BCUT2D eigenvalue weighted by molar-refractivity contribution is 0.115. The largest absolute Gasteiger partial charge is 0.385 e. The normalized spacial score (nSPS) is 15.2. The summed E-state index contributed by atoms with van der Waals surface area (Å²) in [5, 5.41) is 0. The Morgan fingerprint density at radius 1 is 1.18 bits per heavy atom. The van der Waals surface area contributed by atoms with Gasteiger partial charge in [-0.25, -0.2) is 0 Å². The minimum absolute atomic E-state index is 0.232. The zero-order valence-corrected chi connectivity index (χ0v) is 11.9. The van der Waals surface area contributed by atoms with Gasteiger partial charge in [0.05, 0.1) is 6.61 Å². The summed E-state index contributed by atoms with van der Waals surface area (Å²) in [7, 11) is 3.48. The maximum Gasteiger partial charge on any atom is 0.0589 e. The second-order valence-corrected chi connectivity index (χ2v) is 4.64. The van der Waals surface area contributed by atoms with Crippen molar-refractivity contribution in [1.29, 1.82) is 0 Å². The monoisotopic (exact) mass is 246 g/mol. The van der Waals surface area contributed by atoms with Gasteiger partial charge in [-0.05, 0) is 26.2 Å². The van der Waals surface area contributed by atoms with Crippen LogP contribution in [0.4, 0.5) is 0 Å². The average molecular weight is 246 g/mol. The molecule has 0 saturated heterocycles. The molecule has 0 bridgehead atoms. The second kappa shape index (κ2) is 11.0. The molecule has 17 heavy (non-hydrogen) atoms. The van der Waals surface area contributed by atoms with Gasteiger partial charge >= 0.3 is 0 Å². The van der Waals surface area contributed by atoms with E-state index >= 15 is 0 Å². The molecule has 0 fully saturated rings. The highest BCUT2D eigenvalue weighted by atomic mass is 16.5. The van der Waals surface area contributed by atoms with Gasteiger partial charge in [-0.2, -0.15) is 0 Å². The lowest BCUT2D eigenvalue weighted by Crippen LogP contribution is -2.43. The minimum Gasteiger partial charge on any atom is -0.385 e. The molecule has 4 heteroatoms. The molecule has 0 aromatic carbocycles. The Morgan fingerprint density at radius 2 is 1.82 bits per heavy atom. The summed E-state index contributed by atoms with van der Waals surface area (Å²) in [6.45, 7) is 7.94. The van der Waals surface area contributed by atoms with Gasteiger partial charge in [-0.1, -0.05) is 6.92 Å². The fourth-order valence-corrected chi connectivity index (χ4v) is 1.84. The molecule has 0 radical (unpaired) electrons. The van der Waals surface area contributed by atoms with E-state index in [1.54, 1.807) is 14.2 Å². The van der Waals surface area contributed by atoms with E-state index in [9.17, 15) is 0 Å². The third-order valence-corrected chi connectivity index (χ3v) is 3.19. The highest BCUT2D eigenvalue weighted by Crippen LogP contribution is 2.06. The number of rotatable bonds is 11. The molecule has 2 atom stereocenters. The van der Waals surface area contributed by atoms with Crippen LogP contribution in [-0.4, -0.2) is 57.5 Å². The Morgan fingerprint density at radius 3 is 2.35 bits per heavy atom. The molecule has 104 valence electrons. The number of hydrogen-bond acceptors (Lipinski definition) is 4. The first kappa shape index (κ1) is 16.8. The van der Waals surface area contributed by atoms with E-state index in [1.807, 2.05) is 0 Å². The quantitative estimate of drug-likeness (QED) is 0.561. The number of hydrogen-bond donors (Lipinski definition) is 1. The lowest BCUT2D eigenvalue weighted by atomic mass is 10.1. The molecule has 0 saturated carbocycles. The van der Waals surface area contributed by atoms with Crippen molar-refractivity contribution >= 4 is 0 Å². The molecule has 0 spiro atoms. The molecule has 0 aliphatic heterocycles. The van der Waals surface area contributed by atoms with Crippen molar-refractivity contribution in [2.24, 2.45) is 5.73 Å². The smallest absolute Gasteiger partial charge is 0.0589 e. The van der Waals surface area contributed by atoms with Gasteiger partial charge in [-0.3, -0.25) is 4.90 Å². The van der Waals surface area contributed by atoms with E-state index in [-0.39, 0.29) is 6.04 Å². The molecule has 0 aliphatic rings. The Balaban J connectivity index is 3.94. The molecule has 0 aromatic heterocycles. The Hall–Kier alpha value is -0.160. The molecule has 2 unspecified atom stereocenters. The van der Waals surface area contributed by atoms with Crippen molar-refractivity contribution in [3.8, 4) is 0 Å². The fourth-order valence-electron chi connectivity index (χ4n) is 1.84. The second-order valence-electron chi connectivity index (χ2n) is 4.64. The molecule has 0 rings (SSSR count). The summed E-state index contributed by atoms with van der Waals surface area (Å²) in [5.41, 5.74) is 6.14. The third-order valence-electron chi connectivity index (χ3n) is 3.19. The number of ether oxygens (including phenoxy) is 2. The van der Waals surface area contributed by atoms with Crippen LogP contribution in [0.5, 0.6) is 0 Å². The van der Waals surface area contributed by atoms with E-state index in [1.165, 1.54) is 0 Å². The molecule has 0 amide bonds. The molecule has 0 heterocycles. The van der Waals surface area contributed by atoms with Crippen LogP contribution >= 0.6 is 0 Å². The van der Waals surface area contributed by atoms with Crippen LogP contribution in [0.15, 0.2) is 0 Å². The van der Waals surface area contributed by atoms with Crippen LogP contribution in [0.3, 0.4) is 0 Å². The van der Waals surface area contributed by atoms with Crippen LogP contribution in [0.2, 0.25) is 0 Å². The first-order valence-corrected chi connectivity index (χ1v) is 6.63. The number of nitrogens with two attached hydrogens (primary N) is 1. The first-order chi connectivity index (χ1) is 8.15. The van der Waals surface area contributed by atoms with Crippen LogP contribution in [0, 0.1) is 0 Å². The van der Waals surface area contributed by atoms with Crippen molar-refractivity contribution in [1.82, 2.24) is 4.90 Å². The Labute approximate surface area is 106 Å². The highest BCUT2D eigenvalue weighted by molar-refractivity contribution is 4.72. The molecule has 0 aliphatic carbocycles.